The number of alkyl halides is 1. The van der Waals surface area contributed by atoms with Crippen LogP contribution in [0.4, 0.5) is 8.78 Å². The fourth-order valence-electron chi connectivity index (χ4n) is 0.448. The summed E-state index contributed by atoms with van der Waals surface area (Å²) < 4.78 is 23.9. The predicted octanol–water partition coefficient (Wildman–Crippen LogP) is 3.12. The van der Waals surface area contributed by atoms with Gasteiger partial charge >= 0.3 is 0 Å². The van der Waals surface area contributed by atoms with Crippen molar-refractivity contribution >= 4 is 11.8 Å². The number of hydrogen-bond donors (Lipinski definition) is 0. The first kappa shape index (κ1) is 10.7. The molecule has 0 heterocycles. The van der Waals surface area contributed by atoms with Gasteiger partial charge in [-0.05, 0) is 25.3 Å². The second kappa shape index (κ2) is 6.40. The molecule has 1 atom stereocenters. The number of hydrogen-bond acceptors (Lipinski definition) is 1. The lowest BCUT2D eigenvalue weighted by molar-refractivity contribution is 0.547. The van der Waals surface area contributed by atoms with Gasteiger partial charge in [-0.3, -0.25) is 0 Å². The Bertz CT molecular complexity index is 152. The molecule has 0 aromatic heterocycles. The molecule has 0 radical (unpaired) electrons. The highest BCUT2D eigenvalue weighted by Gasteiger charge is 1.92. The van der Waals surface area contributed by atoms with Crippen molar-refractivity contribution in [3.63, 3.8) is 0 Å². The summed E-state index contributed by atoms with van der Waals surface area (Å²) in [6.45, 7) is 1.20. The van der Waals surface area contributed by atoms with Crippen molar-refractivity contribution in [2.75, 3.05) is 12.9 Å². The van der Waals surface area contributed by atoms with Crippen molar-refractivity contribution in [1.29, 1.82) is 0 Å². The Kier molecular flexibility index (Phi) is 6.22. The summed E-state index contributed by atoms with van der Waals surface area (Å²) in [6, 6.07) is 0. The van der Waals surface area contributed by atoms with Gasteiger partial charge in [-0.1, -0.05) is 6.08 Å². The van der Waals surface area contributed by atoms with Crippen LogP contribution in [-0.2, 0) is 0 Å². The van der Waals surface area contributed by atoms with Crippen molar-refractivity contribution in [2.24, 2.45) is 0 Å². The molecule has 0 aliphatic carbocycles. The van der Waals surface area contributed by atoms with Crippen LogP contribution in [0.3, 0.4) is 0 Å². The number of thioether (sulfide) groups is 1. The highest BCUT2D eigenvalue weighted by atomic mass is 32.2. The molecule has 0 nitrogen and oxygen atoms in total. The molecule has 0 aromatic rings. The Morgan fingerprint density at radius 3 is 2.73 bits per heavy atom. The minimum Gasteiger partial charge on any atom is -0.246 e. The summed E-state index contributed by atoms with van der Waals surface area (Å²) in [5, 5.41) is 0.272. The van der Waals surface area contributed by atoms with Crippen LogP contribution in [0.2, 0.25) is 0 Å². The molecule has 0 amide bonds. The molecule has 3 heteroatoms. The standard InChI is InChI=1S/C8H12F2S/c1-7(11-2)3-4-8(10)5-6-9/h3-5,7H,6H2,1-2H3/b4-3-,8-5+. The van der Waals surface area contributed by atoms with Crippen molar-refractivity contribution in [2.45, 2.75) is 12.2 Å². The van der Waals surface area contributed by atoms with Gasteiger partial charge in [-0.25, -0.2) is 8.78 Å². The van der Waals surface area contributed by atoms with Crippen LogP contribution < -0.4 is 0 Å². The van der Waals surface area contributed by atoms with E-state index < -0.39 is 12.5 Å². The number of halogens is 2. The summed E-state index contributed by atoms with van der Waals surface area (Å²) in [4.78, 5) is 0. The largest absolute Gasteiger partial charge is 0.246 e. The van der Waals surface area contributed by atoms with E-state index in [1.54, 1.807) is 17.8 Å². The molecule has 11 heavy (non-hydrogen) atoms. The summed E-state index contributed by atoms with van der Waals surface area (Å²) in [5.41, 5.74) is 0. The predicted molar refractivity (Wildman–Crippen MR) is 47.3 cm³/mol. The lowest BCUT2D eigenvalue weighted by Crippen LogP contribution is -1.86. The van der Waals surface area contributed by atoms with Gasteiger partial charge in [0.25, 0.3) is 0 Å². The van der Waals surface area contributed by atoms with E-state index in [-0.39, 0.29) is 5.25 Å². The Morgan fingerprint density at radius 1 is 1.64 bits per heavy atom. The van der Waals surface area contributed by atoms with Gasteiger partial charge < -0.3 is 0 Å². The molecule has 0 aliphatic rings. The lowest BCUT2D eigenvalue weighted by atomic mass is 10.3. The fraction of sp³-hybridized carbons (Fsp3) is 0.500. The third kappa shape index (κ3) is 6.10. The first-order valence-corrected chi connectivity index (χ1v) is 4.62. The van der Waals surface area contributed by atoms with Crippen LogP contribution in [0, 0.1) is 0 Å². The normalized spacial score (nSPS) is 15.8. The molecule has 0 aliphatic heterocycles. The zero-order valence-electron chi connectivity index (χ0n) is 6.68. The van der Waals surface area contributed by atoms with Crippen LogP contribution in [0.15, 0.2) is 24.1 Å². The first-order valence-electron chi connectivity index (χ1n) is 3.33. The maximum absolute atomic E-state index is 12.4. The Hall–Kier alpha value is -0.310. The number of rotatable bonds is 4. The van der Waals surface area contributed by atoms with Gasteiger partial charge in [0, 0.05) is 5.25 Å². The Labute approximate surface area is 70.4 Å². The summed E-state index contributed by atoms with van der Waals surface area (Å²) in [6.07, 6.45) is 5.84. The van der Waals surface area contributed by atoms with E-state index in [0.29, 0.717) is 0 Å². The summed E-state index contributed by atoms with van der Waals surface area (Å²) >= 11 is 1.61. The highest BCUT2D eigenvalue weighted by molar-refractivity contribution is 7.99. The van der Waals surface area contributed by atoms with Crippen LogP contribution in [0.25, 0.3) is 0 Å². The lowest BCUT2D eigenvalue weighted by Gasteiger charge is -1.97. The van der Waals surface area contributed by atoms with Crippen LogP contribution in [-0.4, -0.2) is 18.2 Å². The van der Waals surface area contributed by atoms with Gasteiger partial charge in [0.15, 0.2) is 0 Å². The highest BCUT2D eigenvalue weighted by Crippen LogP contribution is 2.08. The van der Waals surface area contributed by atoms with E-state index in [1.807, 2.05) is 13.2 Å². The topological polar surface area (TPSA) is 0 Å². The van der Waals surface area contributed by atoms with E-state index in [1.165, 1.54) is 6.08 Å². The average Bonchev–Trinajstić information content (AvgIpc) is 2.01. The molecule has 0 N–H and O–H groups in total. The summed E-state index contributed by atoms with van der Waals surface area (Å²) in [7, 11) is 0. The van der Waals surface area contributed by atoms with E-state index >= 15 is 0 Å². The Balaban J connectivity index is 3.81. The molecule has 1 unspecified atom stereocenters. The van der Waals surface area contributed by atoms with Gasteiger partial charge in [-0.15, -0.1) is 0 Å². The van der Waals surface area contributed by atoms with E-state index in [4.69, 9.17) is 0 Å². The molecule has 0 saturated heterocycles. The second-order valence-corrected chi connectivity index (χ2v) is 3.26. The fourth-order valence-corrected chi connectivity index (χ4v) is 0.683. The quantitative estimate of drug-likeness (QED) is 0.596. The summed E-state index contributed by atoms with van der Waals surface area (Å²) in [5.74, 6) is -0.506. The van der Waals surface area contributed by atoms with Gasteiger partial charge in [0.1, 0.15) is 12.5 Å². The molecule has 64 valence electrons. The molecular formula is C8H12F2S. The second-order valence-electron chi connectivity index (χ2n) is 2.04. The van der Waals surface area contributed by atoms with Gasteiger partial charge in [0.2, 0.25) is 0 Å². The number of allylic oxidation sites excluding steroid dienone is 3. The smallest absolute Gasteiger partial charge is 0.121 e. The molecule has 0 saturated carbocycles. The van der Waals surface area contributed by atoms with Crippen LogP contribution in [0.5, 0.6) is 0 Å². The third-order valence-corrected chi connectivity index (χ3v) is 2.07. The first-order chi connectivity index (χ1) is 5.20. The minimum absolute atomic E-state index is 0.272. The third-order valence-electron chi connectivity index (χ3n) is 1.17. The van der Waals surface area contributed by atoms with Gasteiger partial charge in [-0.2, -0.15) is 11.8 Å². The van der Waals surface area contributed by atoms with Crippen molar-refractivity contribution < 1.29 is 8.78 Å². The van der Waals surface area contributed by atoms with E-state index in [0.717, 1.165) is 6.08 Å². The maximum atomic E-state index is 12.4. The Morgan fingerprint density at radius 2 is 2.27 bits per heavy atom. The van der Waals surface area contributed by atoms with Crippen LogP contribution >= 0.6 is 11.8 Å². The van der Waals surface area contributed by atoms with Gasteiger partial charge in [0.05, 0.1) is 0 Å². The van der Waals surface area contributed by atoms with Crippen molar-refractivity contribution in [1.82, 2.24) is 0 Å². The molecule has 0 rings (SSSR count). The molecule has 0 spiro atoms. The molecule has 0 bridgehead atoms. The van der Waals surface area contributed by atoms with Crippen LogP contribution in [0.1, 0.15) is 6.92 Å². The SMILES string of the molecule is CSC(C)/C=C\C(F)=C/CF. The molecule has 0 aromatic carbocycles. The average molecular weight is 178 g/mol. The minimum atomic E-state index is -0.746. The van der Waals surface area contributed by atoms with E-state index in [2.05, 4.69) is 0 Å². The zero-order valence-corrected chi connectivity index (χ0v) is 7.50. The zero-order chi connectivity index (χ0) is 8.69. The molecule has 0 fully saturated rings. The van der Waals surface area contributed by atoms with Crippen molar-refractivity contribution in [3.8, 4) is 0 Å². The van der Waals surface area contributed by atoms with E-state index in [9.17, 15) is 8.78 Å². The maximum Gasteiger partial charge on any atom is 0.121 e. The molecular weight excluding hydrogens is 166 g/mol. The monoisotopic (exact) mass is 178 g/mol. The van der Waals surface area contributed by atoms with Crippen molar-refractivity contribution in [3.05, 3.63) is 24.1 Å².